The Morgan fingerprint density at radius 2 is 2.09 bits per heavy atom. The standard InChI is InChI=1S/C7H8N.2CH3.Bi/c1-2-7-5-3-4-6-8-7;;;/h2-6H,1H3;2*1H3;. The third-order valence-corrected chi connectivity index (χ3v) is 8.94. The van der Waals surface area contributed by atoms with Gasteiger partial charge in [-0.2, -0.15) is 0 Å². The maximum absolute atomic E-state index is 4.35. The molecule has 11 heavy (non-hydrogen) atoms. The molecule has 0 aliphatic rings. The summed E-state index contributed by atoms with van der Waals surface area (Å²) in [6.07, 6.45) is 1.89. The molecule has 1 aromatic heterocycles. The summed E-state index contributed by atoms with van der Waals surface area (Å²) < 4.78 is 5.62. The van der Waals surface area contributed by atoms with Crippen LogP contribution in [0.3, 0.4) is 0 Å². The fraction of sp³-hybridized carbons (Fsp3) is 0.444. The number of hydrogen-bond acceptors (Lipinski definition) is 1. The van der Waals surface area contributed by atoms with Crippen molar-refractivity contribution in [3.8, 4) is 0 Å². The van der Waals surface area contributed by atoms with Crippen LogP contribution >= 0.6 is 0 Å². The van der Waals surface area contributed by atoms with E-state index in [1.165, 1.54) is 5.69 Å². The first kappa shape index (κ1) is 9.12. The Morgan fingerprint density at radius 3 is 2.55 bits per heavy atom. The molecule has 1 unspecified atom stereocenters. The molecule has 60 valence electrons. The molecule has 0 radical (unpaired) electrons. The molecule has 0 saturated heterocycles. The van der Waals surface area contributed by atoms with E-state index in [0.29, 0.717) is 0 Å². The molecular formula is C9H14BiN. The second kappa shape index (κ2) is 4.16. The summed E-state index contributed by atoms with van der Waals surface area (Å²) in [4.78, 5) is 4.35. The fourth-order valence-electron chi connectivity index (χ4n) is 0.888. The van der Waals surface area contributed by atoms with Gasteiger partial charge in [-0.3, -0.25) is 0 Å². The molecule has 0 fully saturated rings. The molecule has 2 heteroatoms. The zero-order chi connectivity index (χ0) is 8.27. The van der Waals surface area contributed by atoms with Gasteiger partial charge in [0.1, 0.15) is 0 Å². The molecule has 0 saturated carbocycles. The summed E-state index contributed by atoms with van der Waals surface area (Å²) in [7, 11) is 0. The van der Waals surface area contributed by atoms with Gasteiger partial charge in [0, 0.05) is 0 Å². The van der Waals surface area contributed by atoms with Crippen LogP contribution in [0, 0.1) is 0 Å². The molecule has 1 rings (SSSR count). The van der Waals surface area contributed by atoms with E-state index in [0.717, 1.165) is 3.63 Å². The minimum atomic E-state index is -1.13. The van der Waals surface area contributed by atoms with E-state index in [-0.39, 0.29) is 0 Å². The van der Waals surface area contributed by atoms with Crippen LogP contribution in [0.25, 0.3) is 0 Å². The van der Waals surface area contributed by atoms with Crippen molar-refractivity contribution in [2.45, 2.75) is 19.8 Å². The van der Waals surface area contributed by atoms with E-state index in [1.807, 2.05) is 12.3 Å². The monoisotopic (exact) mass is 345 g/mol. The number of hydrogen-bond donors (Lipinski definition) is 0. The van der Waals surface area contributed by atoms with Crippen LogP contribution in [-0.2, 0) is 0 Å². The van der Waals surface area contributed by atoms with Gasteiger partial charge >= 0.3 is 76.6 Å². The molecule has 0 aliphatic heterocycles. The van der Waals surface area contributed by atoms with E-state index in [9.17, 15) is 0 Å². The van der Waals surface area contributed by atoms with Gasteiger partial charge in [0.05, 0.1) is 0 Å². The average Bonchev–Trinajstić information content (AvgIpc) is 2.05. The zero-order valence-electron chi connectivity index (χ0n) is 7.28. The van der Waals surface area contributed by atoms with Gasteiger partial charge in [0.15, 0.2) is 0 Å². The number of aromatic nitrogens is 1. The van der Waals surface area contributed by atoms with Crippen molar-refractivity contribution < 1.29 is 0 Å². The zero-order valence-corrected chi connectivity index (χ0v) is 10.8. The Hall–Kier alpha value is 0.0331. The van der Waals surface area contributed by atoms with Crippen LogP contribution in [0.1, 0.15) is 16.2 Å². The summed E-state index contributed by atoms with van der Waals surface area (Å²) in [6.45, 7) is 2.31. The van der Waals surface area contributed by atoms with Gasteiger partial charge in [-0.15, -0.1) is 0 Å². The summed E-state index contributed by atoms with van der Waals surface area (Å²) in [5, 5.41) is 0. The van der Waals surface area contributed by atoms with Crippen LogP contribution < -0.4 is 0 Å². The van der Waals surface area contributed by atoms with Gasteiger partial charge in [-0.1, -0.05) is 0 Å². The van der Waals surface area contributed by atoms with E-state index >= 15 is 0 Å². The summed E-state index contributed by atoms with van der Waals surface area (Å²) in [5.74, 6) is 0. The third-order valence-electron chi connectivity index (χ3n) is 1.89. The van der Waals surface area contributed by atoms with E-state index in [4.69, 9.17) is 0 Å². The topological polar surface area (TPSA) is 12.9 Å². The van der Waals surface area contributed by atoms with Crippen molar-refractivity contribution in [2.24, 2.45) is 0 Å². The molecule has 1 heterocycles. The van der Waals surface area contributed by atoms with Crippen molar-refractivity contribution in [1.29, 1.82) is 0 Å². The number of nitrogens with zero attached hydrogens (tertiary/aromatic N) is 1. The van der Waals surface area contributed by atoms with Gasteiger partial charge < -0.3 is 0 Å². The van der Waals surface area contributed by atoms with Crippen molar-refractivity contribution in [2.75, 3.05) is 0 Å². The SMILES string of the molecule is C[CH](c1ccccn1)[Bi]([CH3])[CH3]. The molecular weight excluding hydrogens is 331 g/mol. The van der Waals surface area contributed by atoms with E-state index in [1.54, 1.807) is 0 Å². The van der Waals surface area contributed by atoms with E-state index in [2.05, 4.69) is 33.3 Å². The Balaban J connectivity index is 2.77. The molecule has 0 amide bonds. The van der Waals surface area contributed by atoms with Crippen LogP contribution in [-0.4, -0.2) is 26.7 Å². The molecule has 1 atom stereocenters. The molecule has 1 aromatic rings. The quantitative estimate of drug-likeness (QED) is 0.751. The predicted octanol–water partition coefficient (Wildman–Crippen LogP) is 2.48. The van der Waals surface area contributed by atoms with Gasteiger partial charge in [0.25, 0.3) is 0 Å². The molecule has 0 aliphatic carbocycles. The first-order valence-electron chi connectivity index (χ1n) is 3.79. The Kier molecular flexibility index (Phi) is 3.45. The van der Waals surface area contributed by atoms with Crippen LogP contribution in [0.15, 0.2) is 24.4 Å². The number of pyridine rings is 1. The first-order valence-corrected chi connectivity index (χ1v) is 12.8. The van der Waals surface area contributed by atoms with Crippen LogP contribution in [0.5, 0.6) is 0 Å². The van der Waals surface area contributed by atoms with Gasteiger partial charge in [0.2, 0.25) is 0 Å². The van der Waals surface area contributed by atoms with Crippen molar-refractivity contribution in [3.05, 3.63) is 30.1 Å². The predicted molar refractivity (Wildman–Crippen MR) is 50.1 cm³/mol. The van der Waals surface area contributed by atoms with Crippen molar-refractivity contribution in [1.82, 2.24) is 4.98 Å². The third kappa shape index (κ3) is 2.52. The Labute approximate surface area is 76.5 Å². The summed E-state index contributed by atoms with van der Waals surface area (Å²) >= 11 is -1.13. The normalized spacial score (nSPS) is 13.5. The van der Waals surface area contributed by atoms with Crippen molar-refractivity contribution >= 4 is 21.8 Å². The Bertz CT molecular complexity index is 208. The van der Waals surface area contributed by atoms with Crippen LogP contribution in [0.4, 0.5) is 0 Å². The van der Waals surface area contributed by atoms with Crippen LogP contribution in [0.2, 0.25) is 9.26 Å². The summed E-state index contributed by atoms with van der Waals surface area (Å²) in [5.41, 5.74) is 1.29. The van der Waals surface area contributed by atoms with Gasteiger partial charge in [-0.05, 0) is 0 Å². The number of rotatable bonds is 2. The maximum atomic E-state index is 4.35. The summed E-state index contributed by atoms with van der Waals surface area (Å²) in [6, 6.07) is 6.19. The first-order chi connectivity index (χ1) is 5.22. The molecule has 1 nitrogen and oxygen atoms in total. The molecule has 0 bridgehead atoms. The average molecular weight is 345 g/mol. The van der Waals surface area contributed by atoms with Crippen molar-refractivity contribution in [3.63, 3.8) is 0 Å². The fourth-order valence-corrected chi connectivity index (χ4v) is 3.54. The second-order valence-electron chi connectivity index (χ2n) is 2.89. The molecule has 0 spiro atoms. The van der Waals surface area contributed by atoms with Gasteiger partial charge in [-0.25, -0.2) is 0 Å². The Morgan fingerprint density at radius 1 is 1.36 bits per heavy atom. The molecule has 0 aromatic carbocycles. The molecule has 0 N–H and O–H groups in total. The second-order valence-corrected chi connectivity index (χ2v) is 13.4. The minimum absolute atomic E-state index is 0.770. The van der Waals surface area contributed by atoms with E-state index < -0.39 is 21.8 Å².